The average molecular weight is 210 g/mol. The van der Waals surface area contributed by atoms with Gasteiger partial charge in [-0.15, -0.1) is 0 Å². The van der Waals surface area contributed by atoms with Crippen LogP contribution >= 0.6 is 7.82 Å². The maximum absolute atomic E-state index is 10.9. The molecule has 5 nitrogen and oxygen atoms in total. The average Bonchev–Trinajstić information content (AvgIpc) is 2.00. The summed E-state index contributed by atoms with van der Waals surface area (Å²) in [7, 11) is -4.14. The molecular formula is C7H15O5P. The topological polar surface area (TPSA) is 72.8 Å². The van der Waals surface area contributed by atoms with Gasteiger partial charge in [0, 0.05) is 6.42 Å². The highest BCUT2D eigenvalue weighted by atomic mass is 31.2. The molecule has 0 aromatic rings. The SMILES string of the molecule is CCCOP(=O)(O)OC(=O)CCC. The normalized spacial score (nSPS) is 15.0. The van der Waals surface area contributed by atoms with Crippen LogP contribution in [-0.2, 0) is 18.4 Å². The van der Waals surface area contributed by atoms with Gasteiger partial charge >= 0.3 is 13.8 Å². The van der Waals surface area contributed by atoms with Gasteiger partial charge in [0.25, 0.3) is 0 Å². The summed E-state index contributed by atoms with van der Waals surface area (Å²) >= 11 is 0. The molecule has 78 valence electrons. The Morgan fingerprint density at radius 3 is 2.46 bits per heavy atom. The number of rotatable bonds is 6. The Morgan fingerprint density at radius 2 is 2.00 bits per heavy atom. The molecule has 1 unspecified atom stereocenters. The van der Waals surface area contributed by atoms with Crippen molar-refractivity contribution in [3.8, 4) is 0 Å². The van der Waals surface area contributed by atoms with Gasteiger partial charge in [-0.2, -0.15) is 0 Å². The van der Waals surface area contributed by atoms with Crippen molar-refractivity contribution in [1.29, 1.82) is 0 Å². The van der Waals surface area contributed by atoms with Gasteiger partial charge in [-0.1, -0.05) is 13.8 Å². The summed E-state index contributed by atoms with van der Waals surface area (Å²) in [6.07, 6.45) is 1.29. The molecule has 0 amide bonds. The Hall–Kier alpha value is -0.380. The number of carbonyl (C=O) groups excluding carboxylic acids is 1. The van der Waals surface area contributed by atoms with Crippen LogP contribution in [0.5, 0.6) is 0 Å². The molecule has 0 radical (unpaired) electrons. The lowest BCUT2D eigenvalue weighted by atomic mass is 10.4. The molecular weight excluding hydrogens is 195 g/mol. The summed E-state index contributed by atoms with van der Waals surface area (Å²) in [6.45, 7) is 3.66. The predicted octanol–water partition coefficient (Wildman–Crippen LogP) is 1.86. The van der Waals surface area contributed by atoms with Crippen LogP contribution in [0, 0.1) is 0 Å². The third-order valence-electron chi connectivity index (χ3n) is 1.13. The highest BCUT2D eigenvalue weighted by molar-refractivity contribution is 7.48. The second-order valence-electron chi connectivity index (χ2n) is 2.52. The zero-order valence-electron chi connectivity index (χ0n) is 7.86. The molecule has 0 saturated heterocycles. The highest BCUT2D eigenvalue weighted by Gasteiger charge is 2.24. The second kappa shape index (κ2) is 6.13. The number of phosphoric acid groups is 1. The van der Waals surface area contributed by atoms with E-state index < -0.39 is 13.8 Å². The van der Waals surface area contributed by atoms with E-state index in [1.807, 2.05) is 0 Å². The van der Waals surface area contributed by atoms with E-state index in [0.717, 1.165) is 0 Å². The first-order chi connectivity index (χ1) is 6.02. The van der Waals surface area contributed by atoms with Gasteiger partial charge < -0.3 is 4.52 Å². The van der Waals surface area contributed by atoms with Crippen LogP contribution in [0.4, 0.5) is 0 Å². The summed E-state index contributed by atoms with van der Waals surface area (Å²) in [4.78, 5) is 19.7. The molecule has 0 aliphatic carbocycles. The maximum atomic E-state index is 10.9. The first-order valence-electron chi connectivity index (χ1n) is 4.21. The highest BCUT2D eigenvalue weighted by Crippen LogP contribution is 2.43. The lowest BCUT2D eigenvalue weighted by Crippen LogP contribution is -2.04. The fourth-order valence-corrected chi connectivity index (χ4v) is 1.43. The van der Waals surface area contributed by atoms with Gasteiger partial charge in [-0.05, 0) is 12.8 Å². The Morgan fingerprint density at radius 1 is 1.38 bits per heavy atom. The minimum atomic E-state index is -4.14. The van der Waals surface area contributed by atoms with Crippen molar-refractivity contribution in [2.45, 2.75) is 33.1 Å². The summed E-state index contributed by atoms with van der Waals surface area (Å²) < 4.78 is 19.6. The summed E-state index contributed by atoms with van der Waals surface area (Å²) in [5.41, 5.74) is 0. The van der Waals surface area contributed by atoms with Gasteiger partial charge in [0.2, 0.25) is 0 Å². The molecule has 0 aromatic carbocycles. The van der Waals surface area contributed by atoms with Crippen molar-refractivity contribution in [2.24, 2.45) is 0 Å². The minimum absolute atomic E-state index is 0.104. The molecule has 1 atom stereocenters. The Bertz CT molecular complexity index is 203. The molecule has 0 aromatic heterocycles. The quantitative estimate of drug-likeness (QED) is 0.677. The number of carbonyl (C=O) groups is 1. The molecule has 13 heavy (non-hydrogen) atoms. The van der Waals surface area contributed by atoms with E-state index in [4.69, 9.17) is 4.89 Å². The van der Waals surface area contributed by atoms with Gasteiger partial charge in [0.05, 0.1) is 6.61 Å². The maximum Gasteiger partial charge on any atom is 0.529 e. The molecule has 0 bridgehead atoms. The van der Waals surface area contributed by atoms with Crippen LogP contribution in [0.2, 0.25) is 0 Å². The van der Waals surface area contributed by atoms with Gasteiger partial charge in [-0.25, -0.2) is 4.57 Å². The van der Waals surface area contributed by atoms with E-state index in [0.29, 0.717) is 12.8 Å². The molecule has 0 aliphatic heterocycles. The second-order valence-corrected chi connectivity index (χ2v) is 3.89. The predicted molar refractivity (Wildman–Crippen MR) is 47.1 cm³/mol. The van der Waals surface area contributed by atoms with E-state index >= 15 is 0 Å². The molecule has 0 heterocycles. The number of hydrogen-bond acceptors (Lipinski definition) is 4. The van der Waals surface area contributed by atoms with Crippen molar-refractivity contribution < 1.29 is 23.3 Å². The van der Waals surface area contributed by atoms with E-state index in [9.17, 15) is 9.36 Å². The van der Waals surface area contributed by atoms with Gasteiger partial charge in [0.15, 0.2) is 0 Å². The molecule has 0 rings (SSSR count). The summed E-state index contributed by atoms with van der Waals surface area (Å²) in [6, 6.07) is 0. The molecule has 0 saturated carbocycles. The number of phosphoric ester groups is 1. The van der Waals surface area contributed by atoms with E-state index in [1.165, 1.54) is 0 Å². The van der Waals surface area contributed by atoms with Crippen LogP contribution in [0.15, 0.2) is 0 Å². The smallest absolute Gasteiger partial charge is 0.371 e. The van der Waals surface area contributed by atoms with Crippen molar-refractivity contribution in [3.05, 3.63) is 0 Å². The standard InChI is InChI=1S/C7H15O5P/c1-3-5-7(8)12-13(9,10)11-6-4-2/h3-6H2,1-2H3,(H,9,10). The van der Waals surface area contributed by atoms with Crippen molar-refractivity contribution in [1.82, 2.24) is 0 Å². The zero-order chi connectivity index (χ0) is 10.3. The van der Waals surface area contributed by atoms with Crippen molar-refractivity contribution in [2.75, 3.05) is 6.61 Å². The zero-order valence-corrected chi connectivity index (χ0v) is 8.75. The Kier molecular flexibility index (Phi) is 5.95. The molecule has 0 fully saturated rings. The van der Waals surface area contributed by atoms with Gasteiger partial charge in [-0.3, -0.25) is 14.2 Å². The fourth-order valence-electron chi connectivity index (χ4n) is 0.611. The first-order valence-corrected chi connectivity index (χ1v) is 5.71. The fraction of sp³-hybridized carbons (Fsp3) is 0.857. The van der Waals surface area contributed by atoms with Crippen LogP contribution in [0.1, 0.15) is 33.1 Å². The van der Waals surface area contributed by atoms with E-state index in [1.54, 1.807) is 13.8 Å². The van der Waals surface area contributed by atoms with Crippen molar-refractivity contribution >= 4 is 13.8 Å². The minimum Gasteiger partial charge on any atom is -0.371 e. The molecule has 1 N–H and O–H groups in total. The third kappa shape index (κ3) is 6.75. The Balaban J connectivity index is 3.87. The van der Waals surface area contributed by atoms with Crippen LogP contribution in [0.25, 0.3) is 0 Å². The van der Waals surface area contributed by atoms with E-state index in [2.05, 4.69) is 9.05 Å². The lowest BCUT2D eigenvalue weighted by molar-refractivity contribution is -0.136. The Labute approximate surface area is 77.7 Å². The van der Waals surface area contributed by atoms with Crippen LogP contribution in [0.3, 0.4) is 0 Å². The van der Waals surface area contributed by atoms with E-state index in [-0.39, 0.29) is 13.0 Å². The lowest BCUT2D eigenvalue weighted by Gasteiger charge is -2.10. The molecule has 6 heteroatoms. The molecule has 0 aliphatic rings. The van der Waals surface area contributed by atoms with Gasteiger partial charge in [0.1, 0.15) is 0 Å². The summed E-state index contributed by atoms with van der Waals surface area (Å²) in [5, 5.41) is 0. The van der Waals surface area contributed by atoms with Crippen LogP contribution < -0.4 is 0 Å². The molecule has 0 spiro atoms. The van der Waals surface area contributed by atoms with Crippen LogP contribution in [-0.4, -0.2) is 17.5 Å². The summed E-state index contributed by atoms with van der Waals surface area (Å²) in [5.74, 6) is -0.704. The third-order valence-corrected chi connectivity index (χ3v) is 2.07. The van der Waals surface area contributed by atoms with Crippen molar-refractivity contribution in [3.63, 3.8) is 0 Å². The number of hydrogen-bond donors (Lipinski definition) is 1. The monoisotopic (exact) mass is 210 g/mol. The first kappa shape index (κ1) is 12.6. The largest absolute Gasteiger partial charge is 0.529 e.